The number of nitroso groups, excluding NO2 is 1. The highest BCUT2D eigenvalue weighted by Crippen LogP contribution is 2.35. The second-order valence-electron chi connectivity index (χ2n) is 5.20. The van der Waals surface area contributed by atoms with Gasteiger partial charge in [-0.2, -0.15) is 0 Å². The van der Waals surface area contributed by atoms with Gasteiger partial charge in [-0.3, -0.25) is 19.3 Å². The number of nitrogens with zero attached hydrogens (tertiary/aromatic N) is 3. The minimum Gasteiger partial charge on any atom is -0.339 e. The Kier molecular flexibility index (Phi) is 3.00. The van der Waals surface area contributed by atoms with E-state index in [4.69, 9.17) is 0 Å². The van der Waals surface area contributed by atoms with Gasteiger partial charge in [-0.15, -0.1) is 4.91 Å². The van der Waals surface area contributed by atoms with E-state index >= 15 is 0 Å². The number of rotatable bonds is 2. The summed E-state index contributed by atoms with van der Waals surface area (Å²) in [6, 6.07) is 9.10. The maximum atomic E-state index is 12.8. The van der Waals surface area contributed by atoms with Crippen LogP contribution < -0.4 is 5.56 Å². The summed E-state index contributed by atoms with van der Waals surface area (Å²) in [6.07, 6.45) is 0. The summed E-state index contributed by atoms with van der Waals surface area (Å²) in [5.74, 6) is 0. The molecule has 8 nitrogen and oxygen atoms in total. The minimum atomic E-state index is -0.564. The summed E-state index contributed by atoms with van der Waals surface area (Å²) in [5, 5.41) is 14.6. The molecular weight excluding hydrogens is 380 g/mol. The van der Waals surface area contributed by atoms with E-state index in [1.165, 1.54) is 22.6 Å². The monoisotopic (exact) mass is 386 g/mol. The van der Waals surface area contributed by atoms with Crippen LogP contribution in [0.15, 0.2) is 50.8 Å². The molecule has 4 rings (SSSR count). The van der Waals surface area contributed by atoms with E-state index in [2.05, 4.69) is 26.1 Å². The van der Waals surface area contributed by atoms with Crippen molar-refractivity contribution in [1.29, 1.82) is 0 Å². The van der Waals surface area contributed by atoms with E-state index in [0.29, 0.717) is 16.4 Å². The van der Waals surface area contributed by atoms with Crippen LogP contribution in [0.3, 0.4) is 0 Å². The molecule has 0 aliphatic rings. The molecule has 2 aromatic carbocycles. The Bertz CT molecular complexity index is 1240. The fraction of sp³-hybridized carbons (Fsp3) is 0. The lowest BCUT2D eigenvalue weighted by Crippen LogP contribution is -2.13. The molecule has 0 saturated carbocycles. The fourth-order valence-corrected chi connectivity index (χ4v) is 3.21. The number of nitro benzene ring substituents is 1. The lowest BCUT2D eigenvalue weighted by molar-refractivity contribution is -0.384. The topological polar surface area (TPSA) is 110 Å². The van der Waals surface area contributed by atoms with Crippen molar-refractivity contribution in [2.24, 2.45) is 5.18 Å². The highest BCUT2D eigenvalue weighted by molar-refractivity contribution is 9.10. The first kappa shape index (κ1) is 14.5. The summed E-state index contributed by atoms with van der Waals surface area (Å²) >= 11 is 3.32. The van der Waals surface area contributed by atoms with Crippen LogP contribution in [0.25, 0.3) is 27.5 Å². The zero-order valence-electron chi connectivity index (χ0n) is 11.8. The molecule has 2 aromatic heterocycles. The number of non-ortho nitro benzene ring substituents is 1. The molecule has 118 valence electrons. The molecule has 9 heteroatoms. The van der Waals surface area contributed by atoms with Crippen LogP contribution in [0.1, 0.15) is 0 Å². The number of aromatic amines is 1. The van der Waals surface area contributed by atoms with Crippen molar-refractivity contribution in [3.8, 4) is 0 Å². The van der Waals surface area contributed by atoms with Gasteiger partial charge in [-0.25, -0.2) is 0 Å². The lowest BCUT2D eigenvalue weighted by atomic mass is 10.2. The first-order chi connectivity index (χ1) is 11.5. The molecule has 0 atom stereocenters. The second-order valence-corrected chi connectivity index (χ2v) is 6.12. The van der Waals surface area contributed by atoms with E-state index in [9.17, 15) is 19.8 Å². The van der Waals surface area contributed by atoms with Crippen molar-refractivity contribution in [3.63, 3.8) is 0 Å². The third kappa shape index (κ3) is 1.88. The summed E-state index contributed by atoms with van der Waals surface area (Å²) in [4.78, 5) is 37.6. The van der Waals surface area contributed by atoms with Crippen molar-refractivity contribution in [3.05, 3.63) is 66.2 Å². The third-order valence-corrected chi connectivity index (χ3v) is 4.39. The van der Waals surface area contributed by atoms with Gasteiger partial charge in [-0.05, 0) is 29.4 Å². The molecule has 0 saturated heterocycles. The van der Waals surface area contributed by atoms with Gasteiger partial charge < -0.3 is 4.98 Å². The largest absolute Gasteiger partial charge is 0.339 e. The third-order valence-electron chi connectivity index (χ3n) is 3.89. The van der Waals surface area contributed by atoms with Crippen molar-refractivity contribution in [2.75, 3.05) is 0 Å². The average molecular weight is 387 g/mol. The smallest absolute Gasteiger partial charge is 0.270 e. The molecule has 0 fully saturated rings. The zero-order valence-corrected chi connectivity index (χ0v) is 13.4. The van der Waals surface area contributed by atoms with Gasteiger partial charge in [0.25, 0.3) is 11.2 Å². The predicted molar refractivity (Wildman–Crippen MR) is 92.8 cm³/mol. The van der Waals surface area contributed by atoms with Gasteiger partial charge in [0.1, 0.15) is 5.65 Å². The van der Waals surface area contributed by atoms with Gasteiger partial charge in [0.2, 0.25) is 0 Å². The number of hydrogen-bond donors (Lipinski definition) is 1. The molecule has 0 radical (unpaired) electrons. The number of fused-ring (bicyclic) bond motifs is 4. The Labute approximate surface area is 141 Å². The molecule has 0 unspecified atom stereocenters. The molecule has 0 aliphatic carbocycles. The molecule has 24 heavy (non-hydrogen) atoms. The maximum Gasteiger partial charge on any atom is 0.270 e. The first-order valence-corrected chi connectivity index (χ1v) is 7.58. The Morgan fingerprint density at radius 2 is 1.96 bits per heavy atom. The van der Waals surface area contributed by atoms with Gasteiger partial charge in [0.05, 0.1) is 21.3 Å². The standard InChI is InChI=1S/C15H7BrN4O4/c16-7-1-3-11-9(5-7)15(21)19-12-4-2-8(20(23)24)6-10(12)13(18-22)14(19)17-11/h1-6,17H. The first-order valence-electron chi connectivity index (χ1n) is 6.78. The Hall–Kier alpha value is -3.07. The Morgan fingerprint density at radius 1 is 1.17 bits per heavy atom. The van der Waals surface area contributed by atoms with E-state index in [1.54, 1.807) is 18.2 Å². The van der Waals surface area contributed by atoms with Crippen molar-refractivity contribution >= 4 is 54.8 Å². The van der Waals surface area contributed by atoms with Crippen molar-refractivity contribution < 1.29 is 4.92 Å². The highest BCUT2D eigenvalue weighted by Gasteiger charge is 2.19. The molecule has 0 bridgehead atoms. The number of halogens is 1. The Morgan fingerprint density at radius 3 is 2.67 bits per heavy atom. The number of H-pyrrole nitrogens is 1. The van der Waals surface area contributed by atoms with E-state index < -0.39 is 4.92 Å². The number of benzene rings is 2. The van der Waals surface area contributed by atoms with E-state index in [-0.39, 0.29) is 28.0 Å². The van der Waals surface area contributed by atoms with E-state index in [0.717, 1.165) is 4.47 Å². The van der Waals surface area contributed by atoms with Gasteiger partial charge >= 0.3 is 0 Å². The molecule has 0 aliphatic heterocycles. The van der Waals surface area contributed by atoms with Gasteiger partial charge in [0, 0.05) is 22.0 Å². The minimum absolute atomic E-state index is 0.0318. The van der Waals surface area contributed by atoms with Crippen LogP contribution in [0.2, 0.25) is 0 Å². The van der Waals surface area contributed by atoms with Crippen LogP contribution in [-0.2, 0) is 0 Å². The van der Waals surface area contributed by atoms with Crippen LogP contribution in [-0.4, -0.2) is 14.3 Å². The number of aromatic nitrogens is 2. The van der Waals surface area contributed by atoms with Gasteiger partial charge in [0.15, 0.2) is 5.69 Å². The van der Waals surface area contributed by atoms with Crippen LogP contribution in [0, 0.1) is 15.0 Å². The Balaban J connectivity index is 2.29. The molecule has 4 aromatic rings. The second kappa shape index (κ2) is 4.96. The predicted octanol–water partition coefficient (Wildman–Crippen LogP) is 4.00. The molecule has 2 heterocycles. The summed E-state index contributed by atoms with van der Waals surface area (Å²) < 4.78 is 2.05. The number of nitrogens with one attached hydrogen (secondary N) is 1. The average Bonchev–Trinajstić information content (AvgIpc) is 2.88. The summed E-state index contributed by atoms with van der Waals surface area (Å²) in [7, 11) is 0. The maximum absolute atomic E-state index is 12.8. The van der Waals surface area contributed by atoms with Gasteiger partial charge in [-0.1, -0.05) is 15.9 Å². The molecule has 1 N–H and O–H groups in total. The van der Waals surface area contributed by atoms with Crippen LogP contribution >= 0.6 is 15.9 Å². The van der Waals surface area contributed by atoms with Crippen molar-refractivity contribution in [1.82, 2.24) is 9.38 Å². The molecule has 0 spiro atoms. The number of hydrogen-bond acceptors (Lipinski definition) is 5. The summed E-state index contributed by atoms with van der Waals surface area (Å²) in [6.45, 7) is 0. The fourth-order valence-electron chi connectivity index (χ4n) is 2.85. The SMILES string of the molecule is O=Nc1c2cc([N+](=O)[O-])ccc2n2c(=O)c3cc(Br)ccc3[nH]c12. The quantitative estimate of drug-likeness (QED) is 0.318. The zero-order chi connectivity index (χ0) is 17.0. The normalized spacial score (nSPS) is 11.4. The van der Waals surface area contributed by atoms with Crippen LogP contribution in [0.5, 0.6) is 0 Å². The number of nitro groups is 1. The van der Waals surface area contributed by atoms with Crippen molar-refractivity contribution in [2.45, 2.75) is 0 Å². The summed E-state index contributed by atoms with van der Waals surface area (Å²) in [5.41, 5.74) is 0.582. The van der Waals surface area contributed by atoms with Crippen LogP contribution in [0.4, 0.5) is 11.4 Å². The van der Waals surface area contributed by atoms with E-state index in [1.807, 2.05) is 0 Å². The highest BCUT2D eigenvalue weighted by atomic mass is 79.9. The lowest BCUT2D eigenvalue weighted by Gasteiger charge is -2.02. The molecule has 0 amide bonds. The molecular formula is C15H7BrN4O4.